The molecule has 0 atom stereocenters. The number of rotatable bonds is 15. The second kappa shape index (κ2) is 17.0. The maximum Gasteiger partial charge on any atom is 0.341 e. The van der Waals surface area contributed by atoms with Gasteiger partial charge in [-0.2, -0.15) is 0 Å². The normalized spacial score (nSPS) is 11.0. The monoisotopic (exact) mass is 618 g/mol. The number of ether oxygens (including phenoxy) is 1. The Hall–Kier alpha value is -2.94. The fourth-order valence-corrected chi connectivity index (χ4v) is 9.69. The van der Waals surface area contributed by atoms with Crippen LogP contribution in [0.5, 0.6) is 5.75 Å². The Morgan fingerprint density at radius 2 is 0.950 bits per heavy atom. The van der Waals surface area contributed by atoms with E-state index in [0.29, 0.717) is 6.61 Å². The topological polar surface area (TPSA) is 46.5 Å². The van der Waals surface area contributed by atoms with Crippen molar-refractivity contribution in [1.29, 1.82) is 0 Å². The van der Waals surface area contributed by atoms with Crippen LogP contribution < -0.4 is 32.9 Å². The summed E-state index contributed by atoms with van der Waals surface area (Å²) in [6.45, 7) is 0.400. The molecule has 0 aliphatic rings. The van der Waals surface area contributed by atoms with Crippen LogP contribution in [0.4, 0.5) is 0 Å². The van der Waals surface area contributed by atoms with E-state index in [1.165, 1.54) is 60.2 Å². The fraction of sp³-hybridized carbons (Fsp3) is 0.286. The highest BCUT2D eigenvalue weighted by Gasteiger charge is 2.44. The minimum Gasteiger partial charge on any atom is -1.00 e. The molecule has 0 radical (unpaired) electrons. The van der Waals surface area contributed by atoms with E-state index in [1.54, 1.807) is 18.2 Å². The lowest BCUT2D eigenvalue weighted by Gasteiger charge is -2.27. The van der Waals surface area contributed by atoms with E-state index in [4.69, 9.17) is 4.74 Å². The molecule has 0 aromatic heterocycles. The van der Waals surface area contributed by atoms with E-state index in [2.05, 4.69) is 91.0 Å². The summed E-state index contributed by atoms with van der Waals surface area (Å²) in [5, 5.41) is 14.2. The highest BCUT2D eigenvalue weighted by Crippen LogP contribution is 2.56. The largest absolute Gasteiger partial charge is 1.00 e. The summed E-state index contributed by atoms with van der Waals surface area (Å²) in [5.41, 5.74) is 0.232. The zero-order valence-electron chi connectivity index (χ0n) is 23.1. The summed E-state index contributed by atoms with van der Waals surface area (Å²) in [4.78, 5) is 12.1. The number of phenols is 1. The molecule has 0 spiro atoms. The van der Waals surface area contributed by atoms with Crippen LogP contribution in [0.1, 0.15) is 61.7 Å². The number of hydrogen-bond donors (Lipinski definition) is 1. The highest BCUT2D eigenvalue weighted by atomic mass is 79.9. The van der Waals surface area contributed by atoms with Crippen LogP contribution in [0, 0.1) is 0 Å². The van der Waals surface area contributed by atoms with Crippen LogP contribution in [0.3, 0.4) is 0 Å². The molecule has 0 heterocycles. The summed E-state index contributed by atoms with van der Waals surface area (Å²) >= 11 is 0. The van der Waals surface area contributed by atoms with Gasteiger partial charge in [-0.1, -0.05) is 98.8 Å². The number of benzene rings is 4. The SMILES string of the molecule is O=C(OCCCCCCCCCC[P+](c1ccccc1)(c1ccccc1)c1ccccc1)c1ccccc1O.[Br-]. The average molecular weight is 620 g/mol. The molecule has 1 N–H and O–H groups in total. The number of esters is 1. The zero-order valence-corrected chi connectivity index (χ0v) is 25.6. The van der Waals surface area contributed by atoms with Crippen LogP contribution in [0.25, 0.3) is 0 Å². The number of hydrogen-bond acceptors (Lipinski definition) is 3. The zero-order chi connectivity index (χ0) is 27.2. The van der Waals surface area contributed by atoms with Crippen molar-refractivity contribution in [3.05, 3.63) is 121 Å². The number of phenolic OH excluding ortho intramolecular Hbond substituents is 1. The van der Waals surface area contributed by atoms with Crippen molar-refractivity contribution in [3.8, 4) is 5.75 Å². The van der Waals surface area contributed by atoms with Gasteiger partial charge in [-0.05, 0) is 67.8 Å². The van der Waals surface area contributed by atoms with Gasteiger partial charge in [0.1, 0.15) is 34.5 Å². The van der Waals surface area contributed by atoms with E-state index in [0.717, 1.165) is 19.3 Å². The molecule has 40 heavy (non-hydrogen) atoms. The van der Waals surface area contributed by atoms with Gasteiger partial charge in [0.15, 0.2) is 0 Å². The van der Waals surface area contributed by atoms with Crippen LogP contribution in [-0.2, 0) is 4.74 Å². The van der Waals surface area contributed by atoms with Crippen molar-refractivity contribution in [3.63, 3.8) is 0 Å². The first-order chi connectivity index (χ1) is 19.2. The first-order valence-corrected chi connectivity index (χ1v) is 16.2. The molecule has 0 aliphatic heterocycles. The molecule has 4 rings (SSSR count). The standard InChI is InChI=1S/C35H39O3P.BrH/c36-34-27-17-16-26-33(34)35(37)38-28-18-5-3-1-2-4-6-19-29-39(30-20-10-7-11-21-30,31-22-12-8-13-23-31)32-24-14-9-15-25-32;/h7-17,20-27H,1-6,18-19,28-29H2;1H. The van der Waals surface area contributed by atoms with Gasteiger partial charge in [-0.3, -0.25) is 0 Å². The molecule has 0 bridgehead atoms. The molecule has 0 aliphatic carbocycles. The third-order valence-corrected chi connectivity index (χ3v) is 11.9. The van der Waals surface area contributed by atoms with Gasteiger partial charge >= 0.3 is 5.97 Å². The molecule has 3 nitrogen and oxygen atoms in total. The van der Waals surface area contributed by atoms with E-state index in [1.807, 2.05) is 0 Å². The van der Waals surface area contributed by atoms with E-state index >= 15 is 0 Å². The third kappa shape index (κ3) is 8.53. The quantitative estimate of drug-likeness (QED) is 0.120. The van der Waals surface area contributed by atoms with Gasteiger partial charge in [-0.25, -0.2) is 4.79 Å². The number of carbonyl (C=O) groups excluding carboxylic acids is 1. The van der Waals surface area contributed by atoms with Gasteiger partial charge in [0, 0.05) is 0 Å². The molecular weight excluding hydrogens is 579 g/mol. The number of halogens is 1. The Morgan fingerprint density at radius 3 is 1.43 bits per heavy atom. The molecule has 0 amide bonds. The second-order valence-corrected chi connectivity index (χ2v) is 13.6. The van der Waals surface area contributed by atoms with E-state index in [-0.39, 0.29) is 28.3 Å². The number of aromatic hydroxyl groups is 1. The van der Waals surface area contributed by atoms with Crippen LogP contribution >= 0.6 is 7.26 Å². The van der Waals surface area contributed by atoms with Crippen molar-refractivity contribution >= 4 is 29.1 Å². The summed E-state index contributed by atoms with van der Waals surface area (Å²) in [6.07, 6.45) is 10.4. The Bertz CT molecular complexity index is 1170. The lowest BCUT2D eigenvalue weighted by atomic mass is 10.1. The third-order valence-electron chi connectivity index (χ3n) is 7.34. The van der Waals surface area contributed by atoms with Crippen molar-refractivity contribution in [2.45, 2.75) is 51.4 Å². The van der Waals surface area contributed by atoms with Gasteiger partial charge in [0.25, 0.3) is 0 Å². The maximum atomic E-state index is 12.1. The number of para-hydroxylation sites is 1. The Morgan fingerprint density at radius 1 is 0.550 bits per heavy atom. The summed E-state index contributed by atoms with van der Waals surface area (Å²) in [7, 11) is -1.72. The molecule has 5 heteroatoms. The summed E-state index contributed by atoms with van der Waals surface area (Å²) in [5.74, 6) is -0.480. The molecule has 0 saturated carbocycles. The number of carbonyl (C=O) groups is 1. The van der Waals surface area contributed by atoms with Crippen molar-refractivity contribution in [2.75, 3.05) is 12.8 Å². The predicted octanol–water partition coefficient (Wildman–Crippen LogP) is 4.67. The summed E-state index contributed by atoms with van der Waals surface area (Å²) in [6, 6.07) is 39.9. The van der Waals surface area contributed by atoms with Gasteiger partial charge in [0.2, 0.25) is 0 Å². The summed E-state index contributed by atoms with van der Waals surface area (Å²) < 4.78 is 5.31. The molecule has 4 aromatic rings. The Kier molecular flexibility index (Phi) is 13.4. The molecule has 0 unspecified atom stereocenters. The van der Waals surface area contributed by atoms with E-state index < -0.39 is 13.2 Å². The highest BCUT2D eigenvalue weighted by molar-refractivity contribution is 7.95. The van der Waals surface area contributed by atoms with Gasteiger partial charge in [0.05, 0.1) is 12.8 Å². The lowest BCUT2D eigenvalue weighted by molar-refractivity contribution is -0.0000280. The Labute approximate surface area is 250 Å². The van der Waals surface area contributed by atoms with Gasteiger partial charge in [-0.15, -0.1) is 0 Å². The minimum absolute atomic E-state index is 0. The van der Waals surface area contributed by atoms with Gasteiger partial charge < -0.3 is 26.8 Å². The first kappa shape index (κ1) is 31.6. The minimum atomic E-state index is -1.72. The molecular formula is C35H40BrO3P. The molecule has 210 valence electrons. The lowest BCUT2D eigenvalue weighted by Crippen LogP contribution is -3.00. The van der Waals surface area contributed by atoms with Crippen LogP contribution in [0.15, 0.2) is 115 Å². The van der Waals surface area contributed by atoms with Crippen LogP contribution in [-0.4, -0.2) is 23.8 Å². The molecule has 0 saturated heterocycles. The maximum absolute atomic E-state index is 12.1. The number of unbranched alkanes of at least 4 members (excludes halogenated alkanes) is 7. The second-order valence-electron chi connectivity index (χ2n) is 10.0. The van der Waals surface area contributed by atoms with Crippen molar-refractivity contribution in [1.82, 2.24) is 0 Å². The average Bonchev–Trinajstić information content (AvgIpc) is 2.99. The van der Waals surface area contributed by atoms with Crippen molar-refractivity contribution < 1.29 is 31.6 Å². The van der Waals surface area contributed by atoms with Crippen LogP contribution in [0.2, 0.25) is 0 Å². The Balaban J connectivity index is 0.00000441. The fourth-order valence-electron chi connectivity index (χ4n) is 5.28. The van der Waals surface area contributed by atoms with Crippen molar-refractivity contribution in [2.24, 2.45) is 0 Å². The van der Waals surface area contributed by atoms with E-state index in [9.17, 15) is 9.90 Å². The predicted molar refractivity (Wildman–Crippen MR) is 165 cm³/mol. The first-order valence-electron chi connectivity index (χ1n) is 14.2. The smallest absolute Gasteiger partial charge is 0.341 e. The molecule has 4 aromatic carbocycles. The molecule has 0 fully saturated rings.